The largest absolute Gasteiger partial charge is 0.481 e. The van der Waals surface area contributed by atoms with E-state index in [0.717, 1.165) is 51.9 Å². The van der Waals surface area contributed by atoms with Crippen LogP contribution in [0.25, 0.3) is 0 Å². The number of anilines is 1. The van der Waals surface area contributed by atoms with Gasteiger partial charge in [0.2, 0.25) is 5.91 Å². The zero-order valence-corrected chi connectivity index (χ0v) is 22.1. The summed E-state index contributed by atoms with van der Waals surface area (Å²) >= 11 is 3.48. The van der Waals surface area contributed by atoms with Crippen LogP contribution in [-0.2, 0) is 22.4 Å². The second kappa shape index (κ2) is 11.6. The number of amides is 1. The Balaban J connectivity index is 1.75. The first-order valence-corrected chi connectivity index (χ1v) is 12.8. The second-order valence-electron chi connectivity index (χ2n) is 9.32. The van der Waals surface area contributed by atoms with Crippen molar-refractivity contribution in [3.63, 3.8) is 0 Å². The molecule has 4 rings (SSSR count). The molecule has 1 heterocycles. The van der Waals surface area contributed by atoms with Gasteiger partial charge in [0.15, 0.2) is 0 Å². The van der Waals surface area contributed by atoms with Gasteiger partial charge in [-0.1, -0.05) is 52.3 Å². The lowest BCUT2D eigenvalue weighted by Gasteiger charge is -2.15. The van der Waals surface area contributed by atoms with E-state index < -0.39 is 11.9 Å². The van der Waals surface area contributed by atoms with Crippen molar-refractivity contribution in [1.29, 1.82) is 0 Å². The molecule has 1 aliphatic rings. The number of rotatable bonds is 10. The number of benzene rings is 3. The number of aliphatic imine (C=N–C) groups is 1. The summed E-state index contributed by atoms with van der Waals surface area (Å²) in [5, 5.41) is 12.1. The van der Waals surface area contributed by atoms with E-state index in [2.05, 4.69) is 52.4 Å². The summed E-state index contributed by atoms with van der Waals surface area (Å²) in [5.41, 5.74) is 6.00. The van der Waals surface area contributed by atoms with Crippen molar-refractivity contribution < 1.29 is 14.7 Å². The molecule has 0 spiro atoms. The van der Waals surface area contributed by atoms with Crippen molar-refractivity contribution >= 4 is 44.9 Å². The monoisotopic (exact) mass is 547 g/mol. The summed E-state index contributed by atoms with van der Waals surface area (Å²) < 4.78 is 0.891. The molecule has 1 unspecified atom stereocenters. The molecule has 0 fully saturated rings. The quantitative estimate of drug-likeness (QED) is 0.313. The summed E-state index contributed by atoms with van der Waals surface area (Å²) in [4.78, 5) is 31.6. The number of fused-ring (bicyclic) bond motifs is 1. The second-order valence-corrected chi connectivity index (χ2v) is 10.2. The first-order chi connectivity index (χ1) is 17.3. The van der Waals surface area contributed by atoms with Crippen LogP contribution in [-0.4, -0.2) is 48.2 Å². The number of hydrogen-bond acceptors (Lipinski definition) is 4. The van der Waals surface area contributed by atoms with Crippen LogP contribution in [0.1, 0.15) is 41.0 Å². The van der Waals surface area contributed by atoms with Gasteiger partial charge in [0.25, 0.3) is 0 Å². The van der Waals surface area contributed by atoms with E-state index in [4.69, 9.17) is 10.1 Å². The van der Waals surface area contributed by atoms with Crippen LogP contribution in [0.3, 0.4) is 0 Å². The molecule has 36 heavy (non-hydrogen) atoms. The molecule has 3 aromatic carbocycles. The molecular weight excluding hydrogens is 518 g/mol. The maximum Gasteiger partial charge on any atom is 0.303 e. The Morgan fingerprint density at radius 2 is 1.78 bits per heavy atom. The summed E-state index contributed by atoms with van der Waals surface area (Å²) in [6, 6.07) is 21.6. The average Bonchev–Trinajstić information content (AvgIpc) is 3.16. The minimum absolute atomic E-state index is 0.0473. The Kier molecular flexibility index (Phi) is 8.33. The van der Waals surface area contributed by atoms with Crippen LogP contribution in [0.5, 0.6) is 0 Å². The third kappa shape index (κ3) is 6.47. The standard InChI is InChI=1S/C29H30BrN3O3/c1-33(2)15-5-8-19-7-4-10-23(17-19)31-28(21-9-3-6-20(16-21)11-14-26(34)35)27-24-13-12-22(30)18-25(24)32-29(27)36/h3-4,6-7,9-10,12-13,16-18,27H,5,8,11,14-15H2,1-2H3,(H,32,36)(H,34,35). The number of hydrogen-bond donors (Lipinski definition) is 2. The molecule has 0 bridgehead atoms. The van der Waals surface area contributed by atoms with Gasteiger partial charge in [-0.3, -0.25) is 14.6 Å². The number of aliphatic carboxylic acids is 1. The highest BCUT2D eigenvalue weighted by atomic mass is 79.9. The van der Waals surface area contributed by atoms with Crippen LogP contribution in [0, 0.1) is 0 Å². The maximum absolute atomic E-state index is 13.2. The number of aryl methyl sites for hydroxylation is 2. The maximum atomic E-state index is 13.2. The highest BCUT2D eigenvalue weighted by molar-refractivity contribution is 9.10. The van der Waals surface area contributed by atoms with Crippen LogP contribution < -0.4 is 5.32 Å². The lowest BCUT2D eigenvalue weighted by atomic mass is 9.89. The topological polar surface area (TPSA) is 82.0 Å². The SMILES string of the molecule is CN(C)CCCc1cccc(N=C(c2cccc(CCC(=O)O)c2)C2C(=O)Nc3cc(Br)ccc32)c1. The van der Waals surface area contributed by atoms with E-state index in [1.165, 1.54) is 5.56 Å². The zero-order chi connectivity index (χ0) is 25.7. The van der Waals surface area contributed by atoms with Crippen LogP contribution in [0.4, 0.5) is 11.4 Å². The van der Waals surface area contributed by atoms with E-state index >= 15 is 0 Å². The van der Waals surface area contributed by atoms with Crippen LogP contribution in [0.15, 0.2) is 76.2 Å². The number of nitrogens with zero attached hydrogens (tertiary/aromatic N) is 2. The van der Waals surface area contributed by atoms with Gasteiger partial charge in [-0.05, 0) is 92.5 Å². The minimum atomic E-state index is -0.838. The molecular formula is C29H30BrN3O3. The summed E-state index contributed by atoms with van der Waals surface area (Å²) in [5.74, 6) is -1.53. The van der Waals surface area contributed by atoms with Crippen molar-refractivity contribution in [2.75, 3.05) is 26.0 Å². The van der Waals surface area contributed by atoms with E-state index in [1.54, 1.807) is 0 Å². The van der Waals surface area contributed by atoms with E-state index in [1.807, 2.05) is 54.6 Å². The normalized spacial score (nSPS) is 15.2. The number of carbonyl (C=O) groups excluding carboxylic acids is 1. The van der Waals surface area contributed by atoms with Crippen molar-refractivity contribution in [3.8, 4) is 0 Å². The van der Waals surface area contributed by atoms with Crippen molar-refractivity contribution in [2.45, 2.75) is 31.6 Å². The number of carbonyl (C=O) groups is 2. The molecule has 3 aromatic rings. The zero-order valence-electron chi connectivity index (χ0n) is 20.5. The van der Waals surface area contributed by atoms with Crippen LogP contribution >= 0.6 is 15.9 Å². The van der Waals surface area contributed by atoms with Gasteiger partial charge >= 0.3 is 5.97 Å². The van der Waals surface area contributed by atoms with Gasteiger partial charge in [-0.15, -0.1) is 0 Å². The molecule has 6 nitrogen and oxygen atoms in total. The fraction of sp³-hybridized carbons (Fsp3) is 0.276. The average molecular weight is 548 g/mol. The van der Waals surface area contributed by atoms with Gasteiger partial charge < -0.3 is 15.3 Å². The molecule has 0 aromatic heterocycles. The Morgan fingerprint density at radius 3 is 2.53 bits per heavy atom. The summed E-state index contributed by atoms with van der Waals surface area (Å²) in [6.07, 6.45) is 2.46. The smallest absolute Gasteiger partial charge is 0.303 e. The Morgan fingerprint density at radius 1 is 1.03 bits per heavy atom. The van der Waals surface area contributed by atoms with Crippen LogP contribution in [0.2, 0.25) is 0 Å². The molecule has 1 atom stereocenters. The lowest BCUT2D eigenvalue weighted by Crippen LogP contribution is -2.22. The molecule has 0 aliphatic carbocycles. The van der Waals surface area contributed by atoms with E-state index in [-0.39, 0.29) is 12.3 Å². The predicted octanol–water partition coefficient (Wildman–Crippen LogP) is 5.82. The number of halogens is 1. The fourth-order valence-electron chi connectivity index (χ4n) is 4.46. The van der Waals surface area contributed by atoms with Gasteiger partial charge in [0, 0.05) is 16.6 Å². The first kappa shape index (κ1) is 25.8. The first-order valence-electron chi connectivity index (χ1n) is 12.0. The summed E-state index contributed by atoms with van der Waals surface area (Å²) in [7, 11) is 4.14. The van der Waals surface area contributed by atoms with Gasteiger partial charge in [0.1, 0.15) is 5.92 Å². The number of carboxylic acids is 1. The van der Waals surface area contributed by atoms with Gasteiger partial charge in [-0.25, -0.2) is 0 Å². The molecule has 0 saturated heterocycles. The molecule has 0 saturated carbocycles. The molecule has 2 N–H and O–H groups in total. The minimum Gasteiger partial charge on any atom is -0.481 e. The Hall–Kier alpha value is -3.29. The van der Waals surface area contributed by atoms with Crippen molar-refractivity contribution in [3.05, 3.63) is 93.5 Å². The highest BCUT2D eigenvalue weighted by Crippen LogP contribution is 2.38. The predicted molar refractivity (Wildman–Crippen MR) is 147 cm³/mol. The molecule has 7 heteroatoms. The third-order valence-electron chi connectivity index (χ3n) is 6.20. The van der Waals surface area contributed by atoms with E-state index in [0.29, 0.717) is 12.1 Å². The molecule has 186 valence electrons. The Bertz CT molecular complexity index is 1300. The summed E-state index contributed by atoms with van der Waals surface area (Å²) in [6.45, 7) is 1.01. The third-order valence-corrected chi connectivity index (χ3v) is 6.69. The fourth-order valence-corrected chi connectivity index (χ4v) is 4.82. The lowest BCUT2D eigenvalue weighted by molar-refractivity contribution is -0.137. The number of nitrogens with one attached hydrogen (secondary N) is 1. The van der Waals surface area contributed by atoms with Crippen molar-refractivity contribution in [1.82, 2.24) is 4.90 Å². The van der Waals surface area contributed by atoms with Gasteiger partial charge in [-0.2, -0.15) is 0 Å². The Labute approximate surface area is 220 Å². The molecule has 0 radical (unpaired) electrons. The molecule has 1 amide bonds. The molecule has 1 aliphatic heterocycles. The van der Waals surface area contributed by atoms with Gasteiger partial charge in [0.05, 0.1) is 11.4 Å². The highest BCUT2D eigenvalue weighted by Gasteiger charge is 2.35. The van der Waals surface area contributed by atoms with Crippen molar-refractivity contribution in [2.24, 2.45) is 4.99 Å². The van der Waals surface area contributed by atoms with E-state index in [9.17, 15) is 9.59 Å². The number of carboxylic acid groups (broad SMARTS) is 1.